The molecule has 58 heavy (non-hydrogen) atoms. The van der Waals surface area contributed by atoms with E-state index < -0.39 is 26.2 Å². The molecule has 0 bridgehead atoms. The summed E-state index contributed by atoms with van der Waals surface area (Å²) in [5, 5.41) is 2.91. The number of fused-ring (bicyclic) bond motifs is 1. The molecule has 1 saturated heterocycles. The summed E-state index contributed by atoms with van der Waals surface area (Å²) < 4.78 is 36.8. The molecule has 1 fully saturated rings. The highest BCUT2D eigenvalue weighted by atomic mass is 31.2. The molecule has 4 aromatic carbocycles. The Kier molecular flexibility index (Phi) is 12.8. The molecule has 1 aliphatic heterocycles. The van der Waals surface area contributed by atoms with Crippen LogP contribution in [0.15, 0.2) is 122 Å². The maximum atomic E-state index is 13.1. The van der Waals surface area contributed by atoms with E-state index in [0.29, 0.717) is 29.0 Å². The fourth-order valence-corrected chi connectivity index (χ4v) is 9.86. The number of amides is 1. The number of hydrogen-bond donors (Lipinski definition) is 1. The Hall–Kier alpha value is -5.23. The van der Waals surface area contributed by atoms with Crippen LogP contribution in [0.3, 0.4) is 0 Å². The number of benzene rings is 4. The van der Waals surface area contributed by atoms with E-state index in [1.54, 1.807) is 32.7 Å². The molecule has 12 nitrogen and oxygen atoms in total. The third-order valence-electron chi connectivity index (χ3n) is 10.4. The van der Waals surface area contributed by atoms with Crippen LogP contribution in [0.5, 0.6) is 11.5 Å². The summed E-state index contributed by atoms with van der Waals surface area (Å²) in [7, 11) is 2.30. The van der Waals surface area contributed by atoms with Crippen LogP contribution >= 0.6 is 8.30 Å². The van der Waals surface area contributed by atoms with Crippen LogP contribution in [-0.4, -0.2) is 81.9 Å². The normalized spacial score (nSPS) is 17.6. The van der Waals surface area contributed by atoms with Gasteiger partial charge in [0.15, 0.2) is 17.0 Å². The summed E-state index contributed by atoms with van der Waals surface area (Å²) in [4.78, 5) is 26.8. The molecule has 302 valence electrons. The minimum Gasteiger partial charge on any atom is -0.497 e. The van der Waals surface area contributed by atoms with Crippen LogP contribution in [0.1, 0.15) is 67.4 Å². The van der Waals surface area contributed by atoms with Crippen LogP contribution in [-0.2, 0) is 19.6 Å². The summed E-state index contributed by atoms with van der Waals surface area (Å²) in [5.41, 5.74) is 3.24. The van der Waals surface area contributed by atoms with Crippen molar-refractivity contribution in [3.63, 3.8) is 0 Å². The zero-order valence-electron chi connectivity index (χ0n) is 34.0. The second-order valence-electron chi connectivity index (χ2n) is 14.7. The minimum absolute atomic E-state index is 0.181. The summed E-state index contributed by atoms with van der Waals surface area (Å²) >= 11 is 0. The first-order valence-corrected chi connectivity index (χ1v) is 21.2. The number of imidazole rings is 1. The maximum Gasteiger partial charge on any atom is 0.256 e. The van der Waals surface area contributed by atoms with E-state index in [1.807, 2.05) is 89.5 Å². The molecule has 1 amide bonds. The Morgan fingerprint density at radius 3 is 1.97 bits per heavy atom. The number of ether oxygens (including phenoxy) is 4. The Morgan fingerprint density at radius 2 is 1.40 bits per heavy atom. The predicted octanol–water partition coefficient (Wildman–Crippen LogP) is 8.84. The van der Waals surface area contributed by atoms with Gasteiger partial charge in [-0.1, -0.05) is 72.8 Å². The molecule has 1 N–H and O–H groups in total. The van der Waals surface area contributed by atoms with E-state index in [4.69, 9.17) is 23.5 Å². The number of carbonyl (C=O) groups excluding carboxylic acids is 1. The van der Waals surface area contributed by atoms with Crippen LogP contribution in [0.2, 0.25) is 0 Å². The van der Waals surface area contributed by atoms with E-state index in [-0.39, 0.29) is 30.7 Å². The van der Waals surface area contributed by atoms with E-state index in [9.17, 15) is 4.79 Å². The fourth-order valence-electron chi connectivity index (χ4n) is 7.83. The Morgan fingerprint density at radius 1 is 0.828 bits per heavy atom. The molecule has 0 spiro atoms. The molecule has 0 radical (unpaired) electrons. The molecule has 1 aliphatic rings. The lowest BCUT2D eigenvalue weighted by atomic mass is 9.80. The number of rotatable bonds is 16. The van der Waals surface area contributed by atoms with Crippen molar-refractivity contribution >= 4 is 31.2 Å². The van der Waals surface area contributed by atoms with Gasteiger partial charge in [0.25, 0.3) is 5.91 Å². The van der Waals surface area contributed by atoms with E-state index in [0.717, 1.165) is 28.2 Å². The Bertz CT molecular complexity index is 2200. The maximum absolute atomic E-state index is 13.1. The van der Waals surface area contributed by atoms with Gasteiger partial charge < -0.3 is 28.8 Å². The molecule has 1 unspecified atom stereocenters. The van der Waals surface area contributed by atoms with Crippen molar-refractivity contribution in [2.45, 2.75) is 70.2 Å². The van der Waals surface area contributed by atoms with Gasteiger partial charge in [0.2, 0.25) is 0 Å². The van der Waals surface area contributed by atoms with Gasteiger partial charge in [-0.25, -0.2) is 15.0 Å². The number of anilines is 1. The zero-order chi connectivity index (χ0) is 40.8. The van der Waals surface area contributed by atoms with Crippen LogP contribution in [0.4, 0.5) is 5.82 Å². The second kappa shape index (κ2) is 18.1. The molecule has 2 aromatic heterocycles. The van der Waals surface area contributed by atoms with Crippen LogP contribution < -0.4 is 14.8 Å². The largest absolute Gasteiger partial charge is 0.497 e. The standard InChI is InChI=1S/C45H51N6O6P/c1-30(2)51(31(3)4)58(7)57-38-26-40(50-29-48-41-42(46-28-47-43(41)50)49-44(52)32-14-10-8-11-15-32)56-39(38)27-55-45(33-16-12-9-13-17-33,34-18-22-36(53-5)23-19-34)35-20-24-37(54-6)25-21-35/h8-25,28-31,38-40H,26-27H2,1-7H3,(H,46,47,49,52)/t38-,39+,40+,58?/m0/s1. The van der Waals surface area contributed by atoms with Crippen LogP contribution in [0.25, 0.3) is 11.2 Å². The van der Waals surface area contributed by atoms with E-state index in [1.165, 1.54) is 6.33 Å². The highest BCUT2D eigenvalue weighted by Crippen LogP contribution is 2.48. The lowest BCUT2D eigenvalue weighted by Gasteiger charge is -2.39. The second-order valence-corrected chi connectivity index (χ2v) is 16.3. The highest BCUT2D eigenvalue weighted by molar-refractivity contribution is 7.49. The summed E-state index contributed by atoms with van der Waals surface area (Å²) in [6.07, 6.45) is 2.28. The lowest BCUT2D eigenvalue weighted by Crippen LogP contribution is -2.39. The van der Waals surface area contributed by atoms with E-state index >= 15 is 0 Å². The molecule has 4 atom stereocenters. The van der Waals surface area contributed by atoms with Crippen molar-refractivity contribution in [3.8, 4) is 11.5 Å². The van der Waals surface area contributed by atoms with Gasteiger partial charge in [-0.3, -0.25) is 14.0 Å². The van der Waals surface area contributed by atoms with Gasteiger partial charge in [-0.2, -0.15) is 0 Å². The number of carbonyl (C=O) groups is 1. The smallest absolute Gasteiger partial charge is 0.256 e. The van der Waals surface area contributed by atoms with Gasteiger partial charge >= 0.3 is 0 Å². The molecule has 0 aliphatic carbocycles. The number of nitrogens with zero attached hydrogens (tertiary/aromatic N) is 5. The summed E-state index contributed by atoms with van der Waals surface area (Å²) in [5.74, 6) is 1.51. The lowest BCUT2D eigenvalue weighted by molar-refractivity contribution is -0.0899. The van der Waals surface area contributed by atoms with Gasteiger partial charge in [-0.15, -0.1) is 0 Å². The first-order valence-electron chi connectivity index (χ1n) is 19.5. The number of methoxy groups -OCH3 is 2. The first-order chi connectivity index (χ1) is 28.1. The van der Waals surface area contributed by atoms with Crippen LogP contribution in [0, 0.1) is 0 Å². The topological polar surface area (TPSA) is 122 Å². The van der Waals surface area contributed by atoms with Crippen molar-refractivity contribution in [2.24, 2.45) is 0 Å². The molecule has 0 saturated carbocycles. The summed E-state index contributed by atoms with van der Waals surface area (Å²) in [6.45, 7) is 11.1. The monoisotopic (exact) mass is 802 g/mol. The summed E-state index contributed by atoms with van der Waals surface area (Å²) in [6, 6.07) is 35.7. The quantitative estimate of drug-likeness (QED) is 0.0751. The van der Waals surface area contributed by atoms with Crippen molar-refractivity contribution in [2.75, 3.05) is 32.8 Å². The van der Waals surface area contributed by atoms with Crippen molar-refractivity contribution in [1.82, 2.24) is 24.2 Å². The Labute approximate surface area is 341 Å². The molecular formula is C45H51N6O6P. The first kappa shape index (κ1) is 40.9. The van der Waals surface area contributed by atoms with Crippen molar-refractivity contribution in [1.29, 1.82) is 0 Å². The molecule has 3 heterocycles. The van der Waals surface area contributed by atoms with E-state index in [2.05, 4.69) is 71.4 Å². The zero-order valence-corrected chi connectivity index (χ0v) is 34.9. The van der Waals surface area contributed by atoms with Gasteiger partial charge in [0.1, 0.15) is 44.1 Å². The molecule has 13 heteroatoms. The van der Waals surface area contributed by atoms with Crippen molar-refractivity contribution < 1.29 is 28.3 Å². The van der Waals surface area contributed by atoms with Gasteiger partial charge in [-0.05, 0) is 87.4 Å². The average Bonchev–Trinajstić information content (AvgIpc) is 3.86. The predicted molar refractivity (Wildman–Crippen MR) is 226 cm³/mol. The molecule has 7 rings (SSSR count). The highest BCUT2D eigenvalue weighted by Gasteiger charge is 2.44. The molecule has 6 aromatic rings. The molecular weight excluding hydrogens is 752 g/mol. The number of aromatic nitrogens is 4. The minimum atomic E-state index is -1.05. The van der Waals surface area contributed by atoms with Gasteiger partial charge in [0.05, 0.1) is 33.3 Å². The Balaban J connectivity index is 1.26. The van der Waals surface area contributed by atoms with Crippen molar-refractivity contribution in [3.05, 3.63) is 144 Å². The number of nitrogens with one attached hydrogen (secondary N) is 1. The third kappa shape index (κ3) is 8.48. The SMILES string of the molecule is COc1ccc(C(OC[C@H]2O[C@@H](n3cnc4c(NC(=O)c5ccccc5)ncnc43)C[C@@H]2OP(C)N(C(C)C)C(C)C)(c2ccccc2)c2ccc(OC)cc2)cc1. The van der Waals surface area contributed by atoms with Gasteiger partial charge in [0, 0.05) is 24.1 Å². The third-order valence-corrected chi connectivity index (χ3v) is 12.6. The average molecular weight is 803 g/mol. The fraction of sp³-hybridized carbons (Fsp3) is 0.333. The number of hydrogen-bond acceptors (Lipinski definition) is 10.